The van der Waals surface area contributed by atoms with Crippen LogP contribution in [0.25, 0.3) is 5.69 Å². The minimum atomic E-state index is -2.66. The fourth-order valence-electron chi connectivity index (χ4n) is 5.38. The molecule has 0 radical (unpaired) electrons. The molecule has 2 aliphatic heterocycles. The fraction of sp³-hybridized carbons (Fsp3) is 0.520. The highest BCUT2D eigenvalue weighted by molar-refractivity contribution is 5.46. The molecule has 1 aromatic carbocycles. The van der Waals surface area contributed by atoms with Gasteiger partial charge in [-0.3, -0.25) is 14.5 Å². The number of benzene rings is 1. The molecule has 3 aromatic rings. The highest BCUT2D eigenvalue weighted by atomic mass is 19.3. The summed E-state index contributed by atoms with van der Waals surface area (Å²) in [5, 5.41) is 9.13. The van der Waals surface area contributed by atoms with E-state index in [4.69, 9.17) is 0 Å². The van der Waals surface area contributed by atoms with Crippen LogP contribution in [0.5, 0.6) is 0 Å². The summed E-state index contributed by atoms with van der Waals surface area (Å²) in [5.41, 5.74) is 3.21. The van der Waals surface area contributed by atoms with Crippen LogP contribution in [0, 0.1) is 12.8 Å². The molecule has 9 heteroatoms. The van der Waals surface area contributed by atoms with Crippen LogP contribution in [0.1, 0.15) is 54.4 Å². The monoisotopic (exact) mass is 465 g/mol. The van der Waals surface area contributed by atoms with Gasteiger partial charge in [0.05, 0.1) is 25.0 Å². The van der Waals surface area contributed by atoms with Crippen molar-refractivity contribution in [3.8, 4) is 5.69 Å². The Bertz CT molecular complexity index is 1170. The number of aromatic nitrogens is 5. The van der Waals surface area contributed by atoms with E-state index >= 15 is 0 Å². The van der Waals surface area contributed by atoms with Crippen LogP contribution in [0.4, 0.5) is 14.6 Å². The van der Waals surface area contributed by atoms with Gasteiger partial charge in [-0.05, 0) is 44.2 Å². The van der Waals surface area contributed by atoms with Gasteiger partial charge in [-0.2, -0.15) is 0 Å². The average molecular weight is 466 g/mol. The molecule has 6 rings (SSSR count). The van der Waals surface area contributed by atoms with Crippen molar-refractivity contribution in [1.82, 2.24) is 29.6 Å². The van der Waals surface area contributed by atoms with E-state index in [9.17, 15) is 8.78 Å². The van der Waals surface area contributed by atoms with Gasteiger partial charge in [-0.1, -0.05) is 17.7 Å². The second kappa shape index (κ2) is 8.37. The number of anilines is 1. The Labute approximate surface area is 197 Å². The summed E-state index contributed by atoms with van der Waals surface area (Å²) < 4.78 is 31.6. The van der Waals surface area contributed by atoms with E-state index in [0.29, 0.717) is 25.9 Å². The van der Waals surface area contributed by atoms with Crippen molar-refractivity contribution in [3.63, 3.8) is 0 Å². The van der Waals surface area contributed by atoms with Crippen molar-refractivity contribution in [2.45, 2.75) is 57.5 Å². The van der Waals surface area contributed by atoms with Gasteiger partial charge in [0, 0.05) is 43.9 Å². The highest BCUT2D eigenvalue weighted by Gasteiger charge is 2.48. The molecule has 0 spiro atoms. The van der Waals surface area contributed by atoms with E-state index in [1.165, 1.54) is 0 Å². The van der Waals surface area contributed by atoms with Gasteiger partial charge in [0.2, 0.25) is 0 Å². The number of rotatable bonds is 5. The van der Waals surface area contributed by atoms with E-state index in [-0.39, 0.29) is 12.5 Å². The molecule has 178 valence electrons. The number of hydrogen-bond acceptors (Lipinski definition) is 6. The topological polar surface area (TPSA) is 63.0 Å². The predicted molar refractivity (Wildman–Crippen MR) is 124 cm³/mol. The van der Waals surface area contributed by atoms with Gasteiger partial charge in [-0.15, -0.1) is 10.2 Å². The third kappa shape index (κ3) is 4.06. The normalized spacial score (nSPS) is 19.6. The third-order valence-electron chi connectivity index (χ3n) is 7.33. The van der Waals surface area contributed by atoms with Crippen LogP contribution in [-0.4, -0.2) is 55.2 Å². The van der Waals surface area contributed by atoms with Crippen LogP contribution in [0.2, 0.25) is 0 Å². The SMILES string of the molecule is Cc1ccc2c(c1)CN(CC(F)(F)C1CC1)Cc1nnc(C3CCN(c4cnccn4)CC3)n1-2. The number of hydrogen-bond donors (Lipinski definition) is 0. The summed E-state index contributed by atoms with van der Waals surface area (Å²) in [6.07, 6.45) is 8.32. The lowest BCUT2D eigenvalue weighted by molar-refractivity contribution is -0.0558. The lowest BCUT2D eigenvalue weighted by Gasteiger charge is -2.32. The Balaban J connectivity index is 1.29. The first-order chi connectivity index (χ1) is 16.5. The van der Waals surface area contributed by atoms with Crippen LogP contribution < -0.4 is 4.90 Å². The van der Waals surface area contributed by atoms with Gasteiger partial charge in [-0.25, -0.2) is 13.8 Å². The fourth-order valence-corrected chi connectivity index (χ4v) is 5.38. The third-order valence-corrected chi connectivity index (χ3v) is 7.33. The van der Waals surface area contributed by atoms with Gasteiger partial charge >= 0.3 is 0 Å². The molecular weight excluding hydrogens is 436 g/mol. The van der Waals surface area contributed by atoms with E-state index < -0.39 is 11.8 Å². The number of fused-ring (bicyclic) bond motifs is 3. The standard InChI is InChI=1S/C25H29F2N7/c1-17-2-5-21-19(12-17)14-32(16-25(26,27)20-3-4-20)15-23-30-31-24(34(21)23)18-6-10-33(11-7-18)22-13-28-8-9-29-22/h2,5,8-9,12-13,18,20H,3-4,6-7,10-11,14-16H2,1H3. The highest BCUT2D eigenvalue weighted by Crippen LogP contribution is 2.44. The summed E-state index contributed by atoms with van der Waals surface area (Å²) in [6, 6.07) is 6.29. The molecule has 0 atom stereocenters. The zero-order chi connectivity index (χ0) is 23.3. The Hall–Kier alpha value is -2.94. The predicted octanol–water partition coefficient (Wildman–Crippen LogP) is 4.11. The molecule has 34 heavy (non-hydrogen) atoms. The Morgan fingerprint density at radius 2 is 1.85 bits per heavy atom. The molecule has 0 unspecified atom stereocenters. The molecule has 1 aliphatic carbocycles. The van der Waals surface area contributed by atoms with E-state index in [2.05, 4.69) is 47.8 Å². The first-order valence-corrected chi connectivity index (χ1v) is 12.1. The molecular formula is C25H29F2N7. The number of nitrogens with zero attached hydrogens (tertiary/aromatic N) is 7. The molecule has 1 saturated heterocycles. The van der Waals surface area contributed by atoms with Crippen LogP contribution in [-0.2, 0) is 13.1 Å². The Kier molecular flexibility index (Phi) is 5.32. The van der Waals surface area contributed by atoms with Crippen molar-refractivity contribution < 1.29 is 8.78 Å². The molecule has 0 bridgehead atoms. The zero-order valence-corrected chi connectivity index (χ0v) is 19.4. The molecule has 0 amide bonds. The van der Waals surface area contributed by atoms with Crippen molar-refractivity contribution >= 4 is 5.82 Å². The van der Waals surface area contributed by atoms with Crippen LogP contribution >= 0.6 is 0 Å². The number of halogens is 2. The molecule has 2 aromatic heterocycles. The second-order valence-electron chi connectivity index (χ2n) is 9.95. The zero-order valence-electron chi connectivity index (χ0n) is 19.4. The molecule has 7 nitrogen and oxygen atoms in total. The number of alkyl halides is 2. The van der Waals surface area contributed by atoms with Crippen molar-refractivity contribution in [2.75, 3.05) is 24.5 Å². The first-order valence-electron chi connectivity index (χ1n) is 12.1. The lowest BCUT2D eigenvalue weighted by atomic mass is 9.95. The molecule has 3 aliphatic rings. The van der Waals surface area contributed by atoms with Crippen molar-refractivity contribution in [2.24, 2.45) is 5.92 Å². The average Bonchev–Trinajstić information content (AvgIpc) is 3.64. The van der Waals surface area contributed by atoms with E-state index in [0.717, 1.165) is 60.2 Å². The van der Waals surface area contributed by atoms with Gasteiger partial charge in [0.1, 0.15) is 11.6 Å². The molecule has 1 saturated carbocycles. The van der Waals surface area contributed by atoms with Crippen LogP contribution in [0.15, 0.2) is 36.8 Å². The summed E-state index contributed by atoms with van der Waals surface area (Å²) in [5.74, 6) is -0.289. The van der Waals surface area contributed by atoms with Crippen LogP contribution in [0.3, 0.4) is 0 Å². The quantitative estimate of drug-likeness (QED) is 0.565. The summed E-state index contributed by atoms with van der Waals surface area (Å²) in [7, 11) is 0. The maximum Gasteiger partial charge on any atom is 0.263 e. The van der Waals surface area contributed by atoms with Gasteiger partial charge < -0.3 is 4.90 Å². The minimum absolute atomic E-state index is 0.232. The number of aryl methyl sites for hydroxylation is 1. The maximum atomic E-state index is 14.7. The lowest BCUT2D eigenvalue weighted by Crippen LogP contribution is -2.37. The summed E-state index contributed by atoms with van der Waals surface area (Å²) in [4.78, 5) is 12.7. The Morgan fingerprint density at radius 1 is 1.03 bits per heavy atom. The molecule has 4 heterocycles. The Morgan fingerprint density at radius 3 is 2.59 bits per heavy atom. The van der Waals surface area contributed by atoms with Gasteiger partial charge in [0.15, 0.2) is 5.82 Å². The second-order valence-corrected chi connectivity index (χ2v) is 9.95. The van der Waals surface area contributed by atoms with E-state index in [1.807, 2.05) is 11.8 Å². The molecule has 2 fully saturated rings. The van der Waals surface area contributed by atoms with Crippen molar-refractivity contribution in [3.05, 3.63) is 59.6 Å². The van der Waals surface area contributed by atoms with Crippen molar-refractivity contribution in [1.29, 1.82) is 0 Å². The summed E-state index contributed by atoms with van der Waals surface area (Å²) >= 11 is 0. The number of piperidine rings is 1. The van der Waals surface area contributed by atoms with Gasteiger partial charge in [0.25, 0.3) is 5.92 Å². The summed E-state index contributed by atoms with van der Waals surface area (Å²) in [6.45, 7) is 4.42. The maximum absolute atomic E-state index is 14.7. The largest absolute Gasteiger partial charge is 0.355 e. The minimum Gasteiger partial charge on any atom is -0.355 e. The molecule has 0 N–H and O–H groups in total. The first kappa shape index (κ1) is 21.6. The smallest absolute Gasteiger partial charge is 0.263 e. The van der Waals surface area contributed by atoms with E-state index in [1.54, 1.807) is 18.6 Å².